The maximum atomic E-state index is 13.5. The lowest BCUT2D eigenvalue weighted by Gasteiger charge is -2.05. The number of carbonyl (C=O) groups excluding carboxylic acids is 1. The van der Waals surface area contributed by atoms with Crippen LogP contribution in [-0.4, -0.2) is 10.4 Å². The fourth-order valence-electron chi connectivity index (χ4n) is 3.89. The minimum absolute atomic E-state index is 0.107. The van der Waals surface area contributed by atoms with E-state index in [4.69, 9.17) is 0 Å². The predicted octanol–water partition coefficient (Wildman–Crippen LogP) is 6.61. The van der Waals surface area contributed by atoms with Crippen LogP contribution in [0.2, 0.25) is 0 Å². The Hall–Kier alpha value is -2.87. The van der Waals surface area contributed by atoms with Crippen LogP contribution in [0.1, 0.15) is 48.5 Å². The van der Waals surface area contributed by atoms with E-state index < -0.39 is 0 Å². The zero-order chi connectivity index (χ0) is 18.6. The van der Waals surface area contributed by atoms with E-state index in [0.29, 0.717) is 0 Å². The first kappa shape index (κ1) is 17.5. The maximum Gasteiger partial charge on any atom is 0.195 e. The lowest BCUT2D eigenvalue weighted by atomic mass is 9.97. The summed E-state index contributed by atoms with van der Waals surface area (Å²) < 4.78 is 2.25. The SMILES string of the molecule is CCCCCCn1cc(C(=O)c2cccc3ccccc23)c2ccccc21. The van der Waals surface area contributed by atoms with Crippen LogP contribution in [0.3, 0.4) is 0 Å². The molecule has 3 aromatic carbocycles. The van der Waals surface area contributed by atoms with Gasteiger partial charge in [-0.1, -0.05) is 86.8 Å². The van der Waals surface area contributed by atoms with Gasteiger partial charge in [0.25, 0.3) is 0 Å². The highest BCUT2D eigenvalue weighted by Crippen LogP contribution is 2.27. The predicted molar refractivity (Wildman–Crippen MR) is 113 cm³/mol. The van der Waals surface area contributed by atoms with Crippen LogP contribution < -0.4 is 0 Å². The molecule has 0 saturated carbocycles. The van der Waals surface area contributed by atoms with Crippen molar-refractivity contribution in [2.24, 2.45) is 0 Å². The smallest absolute Gasteiger partial charge is 0.195 e. The molecule has 0 aliphatic heterocycles. The number of carbonyl (C=O) groups is 1. The van der Waals surface area contributed by atoms with Gasteiger partial charge in [-0.15, -0.1) is 0 Å². The molecule has 0 radical (unpaired) electrons. The Labute approximate surface area is 160 Å². The van der Waals surface area contributed by atoms with Gasteiger partial charge in [-0.05, 0) is 23.3 Å². The van der Waals surface area contributed by atoms with Crippen LogP contribution in [0.5, 0.6) is 0 Å². The van der Waals surface area contributed by atoms with E-state index in [2.05, 4.69) is 48.0 Å². The molecule has 4 aromatic rings. The van der Waals surface area contributed by atoms with E-state index >= 15 is 0 Å². The van der Waals surface area contributed by atoms with E-state index in [-0.39, 0.29) is 5.78 Å². The van der Waals surface area contributed by atoms with E-state index in [1.165, 1.54) is 19.3 Å². The molecular formula is C25H25NO. The molecule has 1 aromatic heterocycles. The van der Waals surface area contributed by atoms with Crippen LogP contribution in [0.25, 0.3) is 21.7 Å². The summed E-state index contributed by atoms with van der Waals surface area (Å²) in [6, 6.07) is 22.3. The molecule has 0 unspecified atom stereocenters. The molecule has 0 aliphatic carbocycles. The van der Waals surface area contributed by atoms with Gasteiger partial charge in [-0.2, -0.15) is 0 Å². The standard InChI is InChI=1S/C25H25NO/c1-2-3-4-9-17-26-18-23(21-14-7-8-16-24(21)26)25(27)22-15-10-12-19-11-5-6-13-20(19)22/h5-8,10-16,18H,2-4,9,17H2,1H3. The highest BCUT2D eigenvalue weighted by molar-refractivity contribution is 6.21. The minimum Gasteiger partial charge on any atom is -0.347 e. The molecule has 0 bridgehead atoms. The summed E-state index contributed by atoms with van der Waals surface area (Å²) in [7, 11) is 0. The molecule has 0 saturated heterocycles. The third-order valence-corrected chi connectivity index (χ3v) is 5.32. The molecule has 2 nitrogen and oxygen atoms in total. The molecule has 136 valence electrons. The molecule has 27 heavy (non-hydrogen) atoms. The second-order valence-corrected chi connectivity index (χ2v) is 7.17. The number of benzene rings is 3. The van der Waals surface area contributed by atoms with Gasteiger partial charge in [0, 0.05) is 34.8 Å². The summed E-state index contributed by atoms with van der Waals surface area (Å²) in [6.07, 6.45) is 6.93. The first-order valence-corrected chi connectivity index (χ1v) is 9.90. The van der Waals surface area contributed by atoms with Gasteiger partial charge >= 0.3 is 0 Å². The highest BCUT2D eigenvalue weighted by Gasteiger charge is 2.18. The van der Waals surface area contributed by atoms with Crippen molar-refractivity contribution in [3.8, 4) is 0 Å². The average Bonchev–Trinajstić information content (AvgIpc) is 3.09. The summed E-state index contributed by atoms with van der Waals surface area (Å²) in [6.45, 7) is 3.19. The van der Waals surface area contributed by atoms with E-state index in [9.17, 15) is 4.79 Å². The van der Waals surface area contributed by atoms with Crippen LogP contribution in [0.15, 0.2) is 72.9 Å². The number of para-hydroxylation sites is 1. The lowest BCUT2D eigenvalue weighted by molar-refractivity contribution is 0.104. The highest BCUT2D eigenvalue weighted by atomic mass is 16.1. The third kappa shape index (κ3) is 3.40. The Morgan fingerprint density at radius 3 is 2.37 bits per heavy atom. The molecule has 2 heteroatoms. The first-order valence-electron chi connectivity index (χ1n) is 9.90. The van der Waals surface area contributed by atoms with Crippen LogP contribution in [0, 0.1) is 0 Å². The number of nitrogens with zero attached hydrogens (tertiary/aromatic N) is 1. The molecular weight excluding hydrogens is 330 g/mol. The number of rotatable bonds is 7. The van der Waals surface area contributed by atoms with Crippen molar-refractivity contribution in [2.45, 2.75) is 39.2 Å². The van der Waals surface area contributed by atoms with Crippen molar-refractivity contribution in [1.82, 2.24) is 4.57 Å². The largest absolute Gasteiger partial charge is 0.347 e. The molecule has 0 spiro atoms. The topological polar surface area (TPSA) is 22.0 Å². The summed E-state index contributed by atoms with van der Waals surface area (Å²) in [5, 5.41) is 3.17. The Balaban J connectivity index is 1.75. The summed E-state index contributed by atoms with van der Waals surface area (Å²) in [4.78, 5) is 13.5. The molecule has 4 rings (SSSR count). The van der Waals surface area contributed by atoms with Crippen LogP contribution in [-0.2, 0) is 6.54 Å². The Bertz CT molecular complexity index is 1080. The van der Waals surface area contributed by atoms with Crippen molar-refractivity contribution in [3.05, 3.63) is 84.1 Å². The minimum atomic E-state index is 0.107. The molecule has 0 N–H and O–H groups in total. The van der Waals surface area contributed by atoms with Gasteiger partial charge in [-0.25, -0.2) is 0 Å². The normalized spacial score (nSPS) is 11.3. The molecule has 0 aliphatic rings. The number of ketones is 1. The zero-order valence-electron chi connectivity index (χ0n) is 15.8. The number of aromatic nitrogens is 1. The van der Waals surface area contributed by atoms with Gasteiger partial charge in [0.1, 0.15) is 0 Å². The third-order valence-electron chi connectivity index (χ3n) is 5.32. The number of hydrogen-bond donors (Lipinski definition) is 0. The molecule has 0 amide bonds. The fourth-order valence-corrected chi connectivity index (χ4v) is 3.89. The fraction of sp³-hybridized carbons (Fsp3) is 0.240. The number of unbranched alkanes of at least 4 members (excludes halogenated alkanes) is 3. The molecule has 0 atom stereocenters. The van der Waals surface area contributed by atoms with Gasteiger partial charge in [0.05, 0.1) is 0 Å². The van der Waals surface area contributed by atoms with E-state index in [1.54, 1.807) is 0 Å². The summed E-state index contributed by atoms with van der Waals surface area (Å²) in [5.41, 5.74) is 2.73. The second-order valence-electron chi connectivity index (χ2n) is 7.17. The molecule has 0 fully saturated rings. The number of aryl methyl sites for hydroxylation is 1. The first-order chi connectivity index (χ1) is 13.3. The van der Waals surface area contributed by atoms with Gasteiger partial charge in [0.15, 0.2) is 5.78 Å². The monoisotopic (exact) mass is 355 g/mol. The second kappa shape index (κ2) is 7.79. The zero-order valence-corrected chi connectivity index (χ0v) is 15.8. The van der Waals surface area contributed by atoms with Crippen molar-refractivity contribution < 1.29 is 4.79 Å². The van der Waals surface area contributed by atoms with Crippen molar-refractivity contribution in [1.29, 1.82) is 0 Å². The Morgan fingerprint density at radius 1 is 0.778 bits per heavy atom. The number of hydrogen-bond acceptors (Lipinski definition) is 1. The maximum absolute atomic E-state index is 13.5. The van der Waals surface area contributed by atoms with Gasteiger partial charge in [0.2, 0.25) is 0 Å². The van der Waals surface area contributed by atoms with E-state index in [0.717, 1.165) is 45.8 Å². The van der Waals surface area contributed by atoms with Crippen molar-refractivity contribution >= 4 is 27.5 Å². The number of fused-ring (bicyclic) bond motifs is 2. The van der Waals surface area contributed by atoms with Crippen molar-refractivity contribution in [2.75, 3.05) is 0 Å². The van der Waals surface area contributed by atoms with Crippen LogP contribution in [0.4, 0.5) is 0 Å². The summed E-state index contributed by atoms with van der Waals surface area (Å²) in [5.74, 6) is 0.107. The lowest BCUT2D eigenvalue weighted by Crippen LogP contribution is -2.02. The summed E-state index contributed by atoms with van der Waals surface area (Å²) >= 11 is 0. The van der Waals surface area contributed by atoms with Crippen LogP contribution >= 0.6 is 0 Å². The van der Waals surface area contributed by atoms with Gasteiger partial charge in [-0.3, -0.25) is 4.79 Å². The van der Waals surface area contributed by atoms with E-state index in [1.807, 2.05) is 36.4 Å². The average molecular weight is 355 g/mol. The van der Waals surface area contributed by atoms with Gasteiger partial charge < -0.3 is 4.57 Å². The Kier molecular flexibility index (Phi) is 5.06. The quantitative estimate of drug-likeness (QED) is 0.270. The molecule has 1 heterocycles. The Morgan fingerprint density at radius 2 is 1.52 bits per heavy atom. The van der Waals surface area contributed by atoms with Crippen molar-refractivity contribution in [3.63, 3.8) is 0 Å².